The van der Waals surface area contributed by atoms with Gasteiger partial charge in [0, 0.05) is 0 Å². The van der Waals surface area contributed by atoms with Crippen molar-refractivity contribution in [2.45, 2.75) is 13.8 Å². The summed E-state index contributed by atoms with van der Waals surface area (Å²) in [6.07, 6.45) is 0. The van der Waals surface area contributed by atoms with Crippen LogP contribution in [-0.2, 0) is 9.59 Å². The Morgan fingerprint density at radius 3 is 1.25 bits per heavy atom. The second kappa shape index (κ2) is 7.28. The van der Waals surface area contributed by atoms with E-state index in [2.05, 4.69) is 48.5 Å². The lowest BCUT2D eigenvalue weighted by atomic mass is 9.97. The van der Waals surface area contributed by atoms with Crippen molar-refractivity contribution in [2.75, 3.05) is 0 Å². The lowest BCUT2D eigenvalue weighted by Gasteiger charge is -2.09. The maximum atomic E-state index is 10.2. The van der Waals surface area contributed by atoms with Gasteiger partial charge in [-0.2, -0.15) is 0 Å². The molecule has 0 atom stereocenters. The van der Waals surface area contributed by atoms with Gasteiger partial charge >= 0.3 is 11.9 Å². The summed E-state index contributed by atoms with van der Waals surface area (Å²) in [5.74, 6) is -4.19. The Morgan fingerprint density at radius 2 is 1.10 bits per heavy atom. The van der Waals surface area contributed by atoms with Gasteiger partial charge in [0.25, 0.3) is 0 Å². The van der Waals surface area contributed by atoms with Gasteiger partial charge in [-0.3, -0.25) is 9.59 Å². The van der Waals surface area contributed by atoms with Crippen LogP contribution in [0.15, 0.2) is 48.5 Å². The van der Waals surface area contributed by atoms with E-state index in [1.807, 2.05) is 0 Å². The van der Waals surface area contributed by atoms with Gasteiger partial charge in [0.2, 0.25) is 0 Å². The fourth-order valence-electron chi connectivity index (χ4n) is 1.81. The van der Waals surface area contributed by atoms with Crippen molar-refractivity contribution < 1.29 is 19.8 Å². The summed E-state index contributed by atoms with van der Waals surface area (Å²) >= 11 is 0. The summed E-state index contributed by atoms with van der Waals surface area (Å²) in [7, 11) is 0. The molecule has 0 saturated heterocycles. The van der Waals surface area contributed by atoms with Crippen molar-refractivity contribution in [1.82, 2.24) is 0 Å². The molecule has 0 bridgehead atoms. The van der Waals surface area contributed by atoms with Crippen LogP contribution in [0.25, 0.3) is 10.8 Å². The van der Waals surface area contributed by atoms with Gasteiger partial charge in [-0.25, -0.2) is 0 Å². The highest BCUT2D eigenvalue weighted by atomic mass is 16.4. The summed E-state index contributed by atoms with van der Waals surface area (Å²) in [6, 6.07) is 16.7. The minimum absolute atomic E-state index is 0.366. The highest BCUT2D eigenvalue weighted by Gasteiger charge is 2.28. The van der Waals surface area contributed by atoms with E-state index in [-0.39, 0.29) is 5.92 Å². The zero-order valence-electron chi connectivity index (χ0n) is 11.5. The number of aliphatic carboxylic acids is 2. The molecule has 0 saturated carbocycles. The summed E-state index contributed by atoms with van der Waals surface area (Å²) in [4.78, 5) is 20.4. The van der Waals surface area contributed by atoms with Crippen LogP contribution in [0.1, 0.15) is 13.8 Å². The zero-order chi connectivity index (χ0) is 15.1. The molecule has 0 aliphatic carbocycles. The Kier molecular flexibility index (Phi) is 5.72. The van der Waals surface area contributed by atoms with Crippen molar-refractivity contribution in [3.8, 4) is 0 Å². The van der Waals surface area contributed by atoms with Gasteiger partial charge < -0.3 is 10.2 Å². The topological polar surface area (TPSA) is 74.6 Å². The number of benzene rings is 2. The van der Waals surface area contributed by atoms with E-state index in [9.17, 15) is 9.59 Å². The second-order valence-electron chi connectivity index (χ2n) is 4.75. The van der Waals surface area contributed by atoms with Crippen LogP contribution in [0.3, 0.4) is 0 Å². The zero-order valence-corrected chi connectivity index (χ0v) is 11.5. The minimum atomic E-state index is -1.28. The third kappa shape index (κ3) is 4.39. The van der Waals surface area contributed by atoms with E-state index in [1.54, 1.807) is 13.8 Å². The number of fused-ring (bicyclic) bond motifs is 1. The number of hydrogen-bond acceptors (Lipinski definition) is 2. The average Bonchev–Trinajstić information content (AvgIpc) is 2.38. The Balaban J connectivity index is 0.000000200. The van der Waals surface area contributed by atoms with Crippen LogP contribution in [0.4, 0.5) is 0 Å². The van der Waals surface area contributed by atoms with E-state index < -0.39 is 17.9 Å². The van der Waals surface area contributed by atoms with E-state index in [0.29, 0.717) is 0 Å². The normalized spacial score (nSPS) is 10.2. The Bertz CT molecular complexity index is 510. The van der Waals surface area contributed by atoms with Crippen molar-refractivity contribution in [2.24, 2.45) is 11.8 Å². The first-order valence-corrected chi connectivity index (χ1v) is 6.33. The number of rotatable bonds is 3. The van der Waals surface area contributed by atoms with Crippen molar-refractivity contribution in [1.29, 1.82) is 0 Å². The minimum Gasteiger partial charge on any atom is -0.481 e. The maximum absolute atomic E-state index is 10.2. The summed E-state index contributed by atoms with van der Waals surface area (Å²) in [5.41, 5.74) is 0. The molecule has 2 aromatic carbocycles. The number of carbonyl (C=O) groups is 2. The highest BCUT2D eigenvalue weighted by molar-refractivity contribution is 5.93. The van der Waals surface area contributed by atoms with Crippen LogP contribution in [0.2, 0.25) is 0 Å². The van der Waals surface area contributed by atoms with Gasteiger partial charge in [-0.15, -0.1) is 0 Å². The molecule has 0 spiro atoms. The molecule has 2 aromatic rings. The SMILES string of the molecule is CC(C)C(C(=O)O)C(=O)O.c1ccc2ccccc2c1. The molecule has 20 heavy (non-hydrogen) atoms. The molecule has 0 heterocycles. The van der Waals surface area contributed by atoms with Crippen molar-refractivity contribution in [3.05, 3.63) is 48.5 Å². The molecule has 4 nitrogen and oxygen atoms in total. The molecule has 4 heteroatoms. The predicted octanol–water partition coefficient (Wildman–Crippen LogP) is 3.27. The summed E-state index contributed by atoms with van der Waals surface area (Å²) in [5, 5.41) is 19.3. The Hall–Kier alpha value is -2.36. The van der Waals surface area contributed by atoms with E-state index >= 15 is 0 Å². The molecule has 0 unspecified atom stereocenters. The first kappa shape index (κ1) is 15.7. The molecule has 106 valence electrons. The van der Waals surface area contributed by atoms with Gasteiger partial charge in [0.15, 0.2) is 5.92 Å². The second-order valence-corrected chi connectivity index (χ2v) is 4.75. The molecule has 0 amide bonds. The van der Waals surface area contributed by atoms with Crippen LogP contribution in [0, 0.1) is 11.8 Å². The van der Waals surface area contributed by atoms with Crippen LogP contribution in [0.5, 0.6) is 0 Å². The first-order chi connectivity index (χ1) is 9.43. The predicted molar refractivity (Wildman–Crippen MR) is 77.5 cm³/mol. The number of carboxylic acid groups (broad SMARTS) is 2. The molecular weight excluding hydrogens is 256 g/mol. The molecule has 0 aliphatic heterocycles. The van der Waals surface area contributed by atoms with Gasteiger partial charge in [0.05, 0.1) is 0 Å². The summed E-state index contributed by atoms with van der Waals surface area (Å²) < 4.78 is 0. The standard InChI is InChI=1S/C10H8.C6H10O4/c1-2-6-10-8-4-3-7-9(10)5-1;1-3(2)4(5(7)8)6(9)10/h1-8H;3-4H,1-2H3,(H,7,8)(H,9,10). The molecule has 0 aliphatic rings. The Morgan fingerprint density at radius 1 is 0.800 bits per heavy atom. The maximum Gasteiger partial charge on any atom is 0.318 e. The largest absolute Gasteiger partial charge is 0.481 e. The smallest absolute Gasteiger partial charge is 0.318 e. The highest BCUT2D eigenvalue weighted by Crippen LogP contribution is 2.11. The van der Waals surface area contributed by atoms with Crippen molar-refractivity contribution in [3.63, 3.8) is 0 Å². The fraction of sp³-hybridized carbons (Fsp3) is 0.250. The van der Waals surface area contributed by atoms with Crippen molar-refractivity contribution >= 4 is 22.7 Å². The Labute approximate surface area is 117 Å². The average molecular weight is 274 g/mol. The monoisotopic (exact) mass is 274 g/mol. The van der Waals surface area contributed by atoms with E-state index in [0.717, 1.165) is 0 Å². The quantitative estimate of drug-likeness (QED) is 0.842. The van der Waals surface area contributed by atoms with E-state index in [4.69, 9.17) is 10.2 Å². The molecule has 2 rings (SSSR count). The first-order valence-electron chi connectivity index (χ1n) is 6.33. The third-order valence-electron chi connectivity index (χ3n) is 2.86. The van der Waals surface area contributed by atoms with E-state index in [1.165, 1.54) is 10.8 Å². The molecule has 2 N–H and O–H groups in total. The third-order valence-corrected chi connectivity index (χ3v) is 2.86. The fourth-order valence-corrected chi connectivity index (χ4v) is 1.81. The van der Waals surface area contributed by atoms with Gasteiger partial charge in [-0.1, -0.05) is 62.4 Å². The molecule has 0 fully saturated rings. The van der Waals surface area contributed by atoms with Gasteiger partial charge in [0.1, 0.15) is 0 Å². The molecule has 0 aromatic heterocycles. The van der Waals surface area contributed by atoms with Crippen LogP contribution in [-0.4, -0.2) is 22.2 Å². The molecule has 0 radical (unpaired) electrons. The number of hydrogen-bond donors (Lipinski definition) is 2. The number of carboxylic acids is 2. The van der Waals surface area contributed by atoms with Crippen LogP contribution >= 0.6 is 0 Å². The lowest BCUT2D eigenvalue weighted by Crippen LogP contribution is -2.28. The van der Waals surface area contributed by atoms with Crippen LogP contribution < -0.4 is 0 Å². The summed E-state index contributed by atoms with van der Waals surface area (Å²) in [6.45, 7) is 3.12. The van der Waals surface area contributed by atoms with Gasteiger partial charge in [-0.05, 0) is 16.7 Å². The lowest BCUT2D eigenvalue weighted by molar-refractivity contribution is -0.156. The molecular formula is C16H18O4.